The number of benzene rings is 1. The van der Waals surface area contributed by atoms with E-state index in [-0.39, 0.29) is 23.6 Å². The topological polar surface area (TPSA) is 18.5 Å². The highest BCUT2D eigenvalue weighted by molar-refractivity contribution is 6.49. The normalized spacial score (nSPS) is 23.4. The molecule has 116 valence electrons. The molecule has 21 heavy (non-hydrogen) atoms. The molecule has 0 unspecified atom stereocenters. The highest BCUT2D eigenvalue weighted by atomic mass is 35.5. The van der Waals surface area contributed by atoms with Gasteiger partial charge in [-0.25, -0.2) is 0 Å². The van der Waals surface area contributed by atoms with Crippen molar-refractivity contribution in [1.29, 1.82) is 0 Å². The molecule has 1 aliphatic rings. The van der Waals surface area contributed by atoms with Gasteiger partial charge in [-0.05, 0) is 51.3 Å². The van der Waals surface area contributed by atoms with Crippen molar-refractivity contribution in [2.75, 3.05) is 0 Å². The van der Waals surface area contributed by atoms with Crippen molar-refractivity contribution in [3.05, 3.63) is 34.9 Å². The van der Waals surface area contributed by atoms with E-state index in [2.05, 4.69) is 60.6 Å². The minimum atomic E-state index is -0.319. The van der Waals surface area contributed by atoms with E-state index >= 15 is 0 Å². The van der Waals surface area contributed by atoms with Crippen LogP contribution in [0.2, 0.25) is 5.02 Å². The molecule has 1 aliphatic heterocycles. The second-order valence-corrected chi connectivity index (χ2v) is 7.97. The van der Waals surface area contributed by atoms with Gasteiger partial charge in [0.25, 0.3) is 0 Å². The molecule has 1 atom stereocenters. The molecule has 4 heteroatoms. The first-order valence-corrected chi connectivity index (χ1v) is 8.00. The van der Waals surface area contributed by atoms with Gasteiger partial charge < -0.3 is 9.31 Å². The summed E-state index contributed by atoms with van der Waals surface area (Å²) in [5.41, 5.74) is 0.556. The van der Waals surface area contributed by atoms with Crippen LogP contribution in [0.1, 0.15) is 54.0 Å². The van der Waals surface area contributed by atoms with Crippen LogP contribution in [0.4, 0.5) is 0 Å². The van der Waals surface area contributed by atoms with Gasteiger partial charge in [-0.1, -0.05) is 44.5 Å². The van der Waals surface area contributed by atoms with Gasteiger partial charge in [0.05, 0.1) is 11.2 Å². The number of rotatable bonds is 3. The van der Waals surface area contributed by atoms with E-state index in [1.54, 1.807) is 0 Å². The summed E-state index contributed by atoms with van der Waals surface area (Å²) in [4.78, 5) is 0. The molecule has 0 N–H and O–H groups in total. The van der Waals surface area contributed by atoms with Gasteiger partial charge in [-0.2, -0.15) is 0 Å². The second-order valence-electron chi connectivity index (χ2n) is 7.53. The van der Waals surface area contributed by atoms with Gasteiger partial charge >= 0.3 is 7.12 Å². The molecule has 0 aromatic heterocycles. The lowest BCUT2D eigenvalue weighted by molar-refractivity contribution is 0.00578. The Kier molecular flexibility index (Phi) is 4.25. The van der Waals surface area contributed by atoms with Crippen molar-refractivity contribution in [2.45, 2.75) is 65.0 Å². The molecule has 2 nitrogen and oxygen atoms in total. The summed E-state index contributed by atoms with van der Waals surface area (Å²) in [6.07, 6.45) is 0. The molecular weight excluding hydrogens is 282 g/mol. The predicted molar refractivity (Wildman–Crippen MR) is 89.7 cm³/mol. The third-order valence-electron chi connectivity index (χ3n) is 5.41. The van der Waals surface area contributed by atoms with Crippen molar-refractivity contribution >= 4 is 18.7 Å². The fourth-order valence-electron chi connectivity index (χ4n) is 2.64. The summed E-state index contributed by atoms with van der Waals surface area (Å²) in [6.45, 7) is 15.0. The highest BCUT2D eigenvalue weighted by Gasteiger charge is 2.59. The molecule has 0 bridgehead atoms. The summed E-state index contributed by atoms with van der Waals surface area (Å²) in [5, 5.41) is 0.522. The third kappa shape index (κ3) is 2.76. The van der Waals surface area contributed by atoms with Crippen LogP contribution in [0, 0.1) is 5.92 Å². The SMILES string of the molecule is CC(C)[C@@](C)(B1OC(C)(C)C(C)(C)O1)c1ccc(Cl)cc1. The van der Waals surface area contributed by atoms with Gasteiger partial charge in [0.2, 0.25) is 0 Å². The maximum atomic E-state index is 6.32. The van der Waals surface area contributed by atoms with Crippen molar-refractivity contribution in [3.63, 3.8) is 0 Å². The Labute approximate surface area is 134 Å². The van der Waals surface area contributed by atoms with Gasteiger partial charge in [-0.3, -0.25) is 0 Å². The van der Waals surface area contributed by atoms with Crippen molar-refractivity contribution in [2.24, 2.45) is 5.92 Å². The zero-order valence-electron chi connectivity index (χ0n) is 14.2. The Balaban J connectivity index is 2.43. The maximum absolute atomic E-state index is 6.32. The molecule has 1 fully saturated rings. The van der Waals surface area contributed by atoms with Crippen LogP contribution in [0.3, 0.4) is 0 Å². The van der Waals surface area contributed by atoms with E-state index < -0.39 is 0 Å². The Morgan fingerprint density at radius 3 is 1.81 bits per heavy atom. The molecule has 0 aliphatic carbocycles. The molecule has 0 amide bonds. The van der Waals surface area contributed by atoms with Crippen LogP contribution < -0.4 is 0 Å². The largest absolute Gasteiger partial charge is 0.469 e. The molecule has 2 rings (SSSR count). The van der Waals surface area contributed by atoms with Crippen LogP contribution in [-0.2, 0) is 14.6 Å². The summed E-state index contributed by atoms with van der Waals surface area (Å²) in [5.74, 6) is 0.369. The Morgan fingerprint density at radius 2 is 1.43 bits per heavy atom. The summed E-state index contributed by atoms with van der Waals surface area (Å²) in [6, 6.07) is 8.02. The first-order valence-electron chi connectivity index (χ1n) is 7.62. The second kappa shape index (κ2) is 5.29. The van der Waals surface area contributed by atoms with Gasteiger partial charge in [0.1, 0.15) is 0 Å². The lowest BCUT2D eigenvalue weighted by Gasteiger charge is -2.36. The lowest BCUT2D eigenvalue weighted by atomic mass is 9.50. The van der Waals surface area contributed by atoms with E-state index in [0.717, 1.165) is 5.02 Å². The van der Waals surface area contributed by atoms with E-state index in [0.29, 0.717) is 5.92 Å². The molecule has 0 saturated carbocycles. The van der Waals surface area contributed by atoms with Crippen LogP contribution in [0.25, 0.3) is 0 Å². The van der Waals surface area contributed by atoms with E-state index in [4.69, 9.17) is 20.9 Å². The average Bonchev–Trinajstić information content (AvgIpc) is 2.58. The molecule has 1 heterocycles. The third-order valence-corrected chi connectivity index (χ3v) is 5.66. The van der Waals surface area contributed by atoms with Crippen LogP contribution in [0.15, 0.2) is 24.3 Å². The molecule has 0 spiro atoms. The molecule has 1 aromatic carbocycles. The number of halogens is 1. The average molecular weight is 309 g/mol. The standard InChI is InChI=1S/C17H26BClO2/c1-12(2)17(7,13-8-10-14(19)11-9-13)18-20-15(3,4)16(5,6)21-18/h8-12H,1-7H3/t17-/m1/s1. The Hall–Kier alpha value is -0.505. The molecular formula is C17H26BClO2. The van der Waals surface area contributed by atoms with Crippen molar-refractivity contribution in [3.8, 4) is 0 Å². The quantitative estimate of drug-likeness (QED) is 0.741. The van der Waals surface area contributed by atoms with E-state index in [9.17, 15) is 0 Å². The van der Waals surface area contributed by atoms with Crippen LogP contribution in [-0.4, -0.2) is 18.3 Å². The maximum Gasteiger partial charge on any atom is 0.469 e. The fourth-order valence-corrected chi connectivity index (χ4v) is 2.76. The summed E-state index contributed by atoms with van der Waals surface area (Å²) >= 11 is 6.03. The lowest BCUT2D eigenvalue weighted by Crippen LogP contribution is -2.47. The smallest absolute Gasteiger partial charge is 0.403 e. The fraction of sp³-hybridized carbons (Fsp3) is 0.647. The molecule has 1 saturated heterocycles. The Bertz CT molecular complexity index is 494. The minimum absolute atomic E-state index is 0.227. The zero-order valence-corrected chi connectivity index (χ0v) is 14.9. The molecule has 0 radical (unpaired) electrons. The minimum Gasteiger partial charge on any atom is -0.403 e. The van der Waals surface area contributed by atoms with Crippen molar-refractivity contribution < 1.29 is 9.31 Å². The first kappa shape index (κ1) is 16.9. The van der Waals surface area contributed by atoms with Crippen LogP contribution in [0.5, 0.6) is 0 Å². The summed E-state index contributed by atoms with van der Waals surface area (Å²) in [7, 11) is -0.274. The van der Waals surface area contributed by atoms with E-state index in [1.807, 2.05) is 12.1 Å². The van der Waals surface area contributed by atoms with Crippen LogP contribution >= 0.6 is 11.6 Å². The Morgan fingerprint density at radius 1 is 1.00 bits per heavy atom. The van der Waals surface area contributed by atoms with Gasteiger partial charge in [0.15, 0.2) is 0 Å². The van der Waals surface area contributed by atoms with Gasteiger partial charge in [-0.15, -0.1) is 0 Å². The summed E-state index contributed by atoms with van der Waals surface area (Å²) < 4.78 is 12.6. The first-order chi connectivity index (χ1) is 9.50. The predicted octanol–water partition coefficient (Wildman–Crippen LogP) is 4.89. The number of hydrogen-bond acceptors (Lipinski definition) is 2. The highest BCUT2D eigenvalue weighted by Crippen LogP contribution is 2.46. The monoisotopic (exact) mass is 308 g/mol. The van der Waals surface area contributed by atoms with Gasteiger partial charge in [0, 0.05) is 10.3 Å². The van der Waals surface area contributed by atoms with E-state index in [1.165, 1.54) is 5.56 Å². The zero-order chi connectivity index (χ0) is 16.1. The molecule has 1 aromatic rings. The van der Waals surface area contributed by atoms with Crippen molar-refractivity contribution in [1.82, 2.24) is 0 Å². The number of hydrogen-bond donors (Lipinski definition) is 0.